The number of hydrogen-bond acceptors (Lipinski definition) is 4. The molecule has 0 radical (unpaired) electrons. The molecule has 0 aliphatic carbocycles. The lowest BCUT2D eigenvalue weighted by molar-refractivity contribution is 0.291. The standard InChI is InChI=1S/C22H24Cl2N4O/c1-3-27(15-17-11-18(23)13-19(24)12-17)10-9-25-21-14-22(29)28(16(2)26-21)20-7-5-4-6-8-20/h4-8,11-14,25H,3,9-10,15H2,1-2H3. The Morgan fingerprint density at radius 3 is 2.38 bits per heavy atom. The predicted molar refractivity (Wildman–Crippen MR) is 120 cm³/mol. The third kappa shape index (κ3) is 5.82. The number of halogens is 2. The van der Waals surface area contributed by atoms with Crippen LogP contribution in [0.25, 0.3) is 5.69 Å². The van der Waals surface area contributed by atoms with E-state index in [9.17, 15) is 4.79 Å². The molecule has 0 atom stereocenters. The number of nitrogens with zero attached hydrogens (tertiary/aromatic N) is 3. The van der Waals surface area contributed by atoms with Crippen LogP contribution >= 0.6 is 23.2 Å². The maximum atomic E-state index is 12.6. The van der Waals surface area contributed by atoms with Crippen LogP contribution in [0.4, 0.5) is 5.82 Å². The summed E-state index contributed by atoms with van der Waals surface area (Å²) in [6, 6.07) is 16.6. The number of rotatable bonds is 8. The Balaban J connectivity index is 1.63. The van der Waals surface area contributed by atoms with E-state index in [4.69, 9.17) is 23.2 Å². The van der Waals surface area contributed by atoms with E-state index >= 15 is 0 Å². The molecule has 0 aliphatic heterocycles. The molecule has 0 saturated carbocycles. The van der Waals surface area contributed by atoms with E-state index in [1.807, 2.05) is 49.4 Å². The second-order valence-electron chi connectivity index (χ2n) is 6.77. The van der Waals surface area contributed by atoms with Crippen LogP contribution in [0, 0.1) is 6.92 Å². The van der Waals surface area contributed by atoms with Gasteiger partial charge in [0.25, 0.3) is 5.56 Å². The summed E-state index contributed by atoms with van der Waals surface area (Å²) in [5.74, 6) is 1.23. The first-order chi connectivity index (χ1) is 14.0. The van der Waals surface area contributed by atoms with Gasteiger partial charge in [-0.3, -0.25) is 14.3 Å². The van der Waals surface area contributed by atoms with Crippen molar-refractivity contribution in [1.29, 1.82) is 0 Å². The number of aromatic nitrogens is 2. The number of aryl methyl sites for hydroxylation is 1. The number of nitrogens with one attached hydrogen (secondary N) is 1. The highest BCUT2D eigenvalue weighted by Crippen LogP contribution is 2.20. The zero-order valence-corrected chi connectivity index (χ0v) is 18.0. The maximum absolute atomic E-state index is 12.6. The third-order valence-electron chi connectivity index (χ3n) is 4.61. The second kappa shape index (κ2) is 9.92. The average molecular weight is 431 g/mol. The van der Waals surface area contributed by atoms with Crippen molar-refractivity contribution < 1.29 is 0 Å². The van der Waals surface area contributed by atoms with Gasteiger partial charge in [0.1, 0.15) is 11.6 Å². The first-order valence-electron chi connectivity index (χ1n) is 9.53. The Bertz CT molecular complexity index is 1000. The SMILES string of the molecule is CCN(CCNc1cc(=O)n(-c2ccccc2)c(C)n1)Cc1cc(Cl)cc(Cl)c1. The molecule has 3 aromatic rings. The first kappa shape index (κ1) is 21.4. The highest BCUT2D eigenvalue weighted by Gasteiger charge is 2.09. The van der Waals surface area contributed by atoms with Crippen molar-refractivity contribution in [2.45, 2.75) is 20.4 Å². The molecule has 1 N–H and O–H groups in total. The topological polar surface area (TPSA) is 50.2 Å². The lowest BCUT2D eigenvalue weighted by atomic mass is 10.2. The van der Waals surface area contributed by atoms with Gasteiger partial charge in [-0.1, -0.05) is 48.3 Å². The number of likely N-dealkylation sites (N-methyl/N-ethyl adjacent to an activating group) is 1. The molecule has 0 aliphatic rings. The van der Waals surface area contributed by atoms with E-state index in [1.165, 1.54) is 6.07 Å². The van der Waals surface area contributed by atoms with E-state index in [0.717, 1.165) is 30.9 Å². The van der Waals surface area contributed by atoms with Crippen molar-refractivity contribution in [3.8, 4) is 5.69 Å². The highest BCUT2D eigenvalue weighted by atomic mass is 35.5. The largest absolute Gasteiger partial charge is 0.369 e. The fourth-order valence-electron chi connectivity index (χ4n) is 3.23. The van der Waals surface area contributed by atoms with Crippen molar-refractivity contribution in [2.75, 3.05) is 25.0 Å². The molecule has 1 heterocycles. The van der Waals surface area contributed by atoms with E-state index in [2.05, 4.69) is 22.1 Å². The zero-order chi connectivity index (χ0) is 20.8. The Hall–Kier alpha value is -2.34. The molecule has 152 valence electrons. The zero-order valence-electron chi connectivity index (χ0n) is 16.5. The second-order valence-corrected chi connectivity index (χ2v) is 7.64. The number of benzene rings is 2. The molecule has 1 aromatic heterocycles. The van der Waals surface area contributed by atoms with Gasteiger partial charge in [-0.15, -0.1) is 0 Å². The summed E-state index contributed by atoms with van der Waals surface area (Å²) in [5.41, 5.74) is 1.78. The van der Waals surface area contributed by atoms with Crippen molar-refractivity contribution >= 4 is 29.0 Å². The minimum absolute atomic E-state index is 0.105. The molecule has 0 fully saturated rings. The van der Waals surface area contributed by atoms with Gasteiger partial charge in [-0.25, -0.2) is 4.98 Å². The van der Waals surface area contributed by atoms with Crippen molar-refractivity contribution in [1.82, 2.24) is 14.5 Å². The lowest BCUT2D eigenvalue weighted by Gasteiger charge is -2.21. The van der Waals surface area contributed by atoms with Crippen molar-refractivity contribution in [2.24, 2.45) is 0 Å². The molecule has 2 aromatic carbocycles. The van der Waals surface area contributed by atoms with E-state index in [0.29, 0.717) is 28.2 Å². The molecule has 3 rings (SSSR count). The predicted octanol–water partition coefficient (Wildman–Crippen LogP) is 4.78. The molecule has 0 amide bonds. The Morgan fingerprint density at radius 2 is 1.76 bits per heavy atom. The van der Waals surface area contributed by atoms with Crippen LogP contribution in [0.15, 0.2) is 59.4 Å². The van der Waals surface area contributed by atoms with Gasteiger partial charge in [-0.2, -0.15) is 0 Å². The van der Waals surface area contributed by atoms with Gasteiger partial charge in [0.15, 0.2) is 0 Å². The van der Waals surface area contributed by atoms with E-state index < -0.39 is 0 Å². The number of hydrogen-bond donors (Lipinski definition) is 1. The van der Waals surface area contributed by atoms with Gasteiger partial charge in [0.05, 0.1) is 5.69 Å². The van der Waals surface area contributed by atoms with Crippen LogP contribution in [0.2, 0.25) is 10.0 Å². The summed E-state index contributed by atoms with van der Waals surface area (Å²) >= 11 is 12.2. The maximum Gasteiger partial charge on any atom is 0.260 e. The lowest BCUT2D eigenvalue weighted by Crippen LogP contribution is -2.29. The summed E-state index contributed by atoms with van der Waals surface area (Å²) in [6.07, 6.45) is 0. The van der Waals surface area contributed by atoms with Crippen molar-refractivity contribution in [3.05, 3.63) is 86.4 Å². The van der Waals surface area contributed by atoms with E-state index in [-0.39, 0.29) is 5.56 Å². The summed E-state index contributed by atoms with van der Waals surface area (Å²) in [5, 5.41) is 4.54. The summed E-state index contributed by atoms with van der Waals surface area (Å²) in [7, 11) is 0. The highest BCUT2D eigenvalue weighted by molar-refractivity contribution is 6.34. The molecule has 0 bridgehead atoms. The van der Waals surface area contributed by atoms with Crippen LogP contribution in [0.3, 0.4) is 0 Å². The van der Waals surface area contributed by atoms with Crippen LogP contribution in [0.5, 0.6) is 0 Å². The van der Waals surface area contributed by atoms with Crippen LogP contribution < -0.4 is 10.9 Å². The van der Waals surface area contributed by atoms with Crippen LogP contribution in [-0.4, -0.2) is 34.1 Å². The summed E-state index contributed by atoms with van der Waals surface area (Å²) in [4.78, 5) is 19.4. The van der Waals surface area contributed by atoms with Gasteiger partial charge in [-0.05, 0) is 49.4 Å². The first-order valence-corrected chi connectivity index (χ1v) is 10.3. The van der Waals surface area contributed by atoms with Crippen molar-refractivity contribution in [3.63, 3.8) is 0 Å². The van der Waals surface area contributed by atoms with Gasteiger partial charge in [0, 0.05) is 35.7 Å². The molecule has 5 nitrogen and oxygen atoms in total. The van der Waals surface area contributed by atoms with Gasteiger partial charge in [0.2, 0.25) is 0 Å². The smallest absolute Gasteiger partial charge is 0.260 e. The van der Waals surface area contributed by atoms with Gasteiger partial charge >= 0.3 is 0 Å². The molecular weight excluding hydrogens is 407 g/mol. The van der Waals surface area contributed by atoms with Gasteiger partial charge < -0.3 is 5.32 Å². The quantitative estimate of drug-likeness (QED) is 0.558. The minimum Gasteiger partial charge on any atom is -0.369 e. The molecule has 7 heteroatoms. The Labute approximate surface area is 180 Å². The molecule has 0 saturated heterocycles. The monoisotopic (exact) mass is 430 g/mol. The molecule has 0 unspecified atom stereocenters. The average Bonchev–Trinajstić information content (AvgIpc) is 2.67. The number of anilines is 1. The third-order valence-corrected chi connectivity index (χ3v) is 5.05. The number of para-hydroxylation sites is 1. The Kier molecular flexibility index (Phi) is 7.31. The minimum atomic E-state index is -0.105. The summed E-state index contributed by atoms with van der Waals surface area (Å²) in [6.45, 7) is 7.04. The Morgan fingerprint density at radius 1 is 1.07 bits per heavy atom. The van der Waals surface area contributed by atoms with Crippen LogP contribution in [-0.2, 0) is 6.54 Å². The molecule has 0 spiro atoms. The molecular formula is C22H24Cl2N4O. The van der Waals surface area contributed by atoms with E-state index in [1.54, 1.807) is 10.6 Å². The fourth-order valence-corrected chi connectivity index (χ4v) is 3.80. The molecule has 29 heavy (non-hydrogen) atoms. The van der Waals surface area contributed by atoms with Crippen LogP contribution in [0.1, 0.15) is 18.3 Å². The normalized spacial score (nSPS) is 11.1. The summed E-state index contributed by atoms with van der Waals surface area (Å²) < 4.78 is 1.60. The fraction of sp³-hybridized carbons (Fsp3) is 0.273.